The summed E-state index contributed by atoms with van der Waals surface area (Å²) >= 11 is 6.52. The Morgan fingerprint density at radius 3 is 2.67 bits per heavy atom. The van der Waals surface area contributed by atoms with Crippen molar-refractivity contribution in [3.63, 3.8) is 0 Å². The number of ether oxygens (including phenoxy) is 1. The fourth-order valence-electron chi connectivity index (χ4n) is 3.29. The predicted molar refractivity (Wildman–Crippen MR) is 87.3 cm³/mol. The van der Waals surface area contributed by atoms with Crippen LogP contribution in [0.15, 0.2) is 18.2 Å². The van der Waals surface area contributed by atoms with E-state index in [2.05, 4.69) is 28.4 Å². The zero-order valence-electron chi connectivity index (χ0n) is 12.6. The Labute approximate surface area is 132 Å². The maximum atomic E-state index is 6.52. The van der Waals surface area contributed by atoms with Crippen molar-refractivity contribution < 1.29 is 4.74 Å². The Bertz CT molecular complexity index is 454. The van der Waals surface area contributed by atoms with Crippen LogP contribution in [0.25, 0.3) is 0 Å². The van der Waals surface area contributed by atoms with Gasteiger partial charge in [0.05, 0.1) is 0 Å². The molecule has 4 heteroatoms. The topological polar surface area (TPSA) is 24.5 Å². The summed E-state index contributed by atoms with van der Waals surface area (Å²) in [7, 11) is 0. The molecular formula is C17H25ClN2O. The zero-order valence-corrected chi connectivity index (χ0v) is 13.4. The number of halogens is 1. The summed E-state index contributed by atoms with van der Waals surface area (Å²) < 4.78 is 5.44. The van der Waals surface area contributed by atoms with E-state index < -0.39 is 0 Å². The monoisotopic (exact) mass is 308 g/mol. The van der Waals surface area contributed by atoms with Crippen LogP contribution in [-0.2, 0) is 11.2 Å². The van der Waals surface area contributed by atoms with Gasteiger partial charge in [-0.05, 0) is 42.4 Å². The van der Waals surface area contributed by atoms with Gasteiger partial charge in [-0.2, -0.15) is 0 Å². The van der Waals surface area contributed by atoms with Gasteiger partial charge in [0.15, 0.2) is 0 Å². The van der Waals surface area contributed by atoms with Crippen LogP contribution in [0.4, 0.5) is 0 Å². The van der Waals surface area contributed by atoms with Gasteiger partial charge in [-0.15, -0.1) is 0 Å². The minimum Gasteiger partial charge on any atom is -0.381 e. The number of piperazine rings is 1. The van der Waals surface area contributed by atoms with Crippen LogP contribution < -0.4 is 5.32 Å². The highest BCUT2D eigenvalue weighted by atomic mass is 35.5. The Hall–Kier alpha value is -0.610. The molecule has 0 bridgehead atoms. The zero-order chi connectivity index (χ0) is 14.5. The van der Waals surface area contributed by atoms with E-state index in [9.17, 15) is 0 Å². The lowest BCUT2D eigenvalue weighted by atomic mass is 9.91. The van der Waals surface area contributed by atoms with Crippen LogP contribution in [0.3, 0.4) is 0 Å². The molecule has 1 aromatic carbocycles. The third kappa shape index (κ3) is 4.19. The third-order valence-corrected chi connectivity index (χ3v) is 4.98. The largest absolute Gasteiger partial charge is 0.381 e. The smallest absolute Gasteiger partial charge is 0.0471 e. The first kappa shape index (κ1) is 15.3. The van der Waals surface area contributed by atoms with E-state index in [1.807, 2.05) is 0 Å². The van der Waals surface area contributed by atoms with Gasteiger partial charge in [0.25, 0.3) is 0 Å². The van der Waals surface area contributed by atoms with E-state index in [4.69, 9.17) is 16.3 Å². The molecule has 1 aromatic rings. The first-order valence-electron chi connectivity index (χ1n) is 8.12. The van der Waals surface area contributed by atoms with Gasteiger partial charge >= 0.3 is 0 Å². The van der Waals surface area contributed by atoms with Crippen molar-refractivity contribution in [2.75, 3.05) is 45.9 Å². The van der Waals surface area contributed by atoms with E-state index in [1.165, 1.54) is 11.1 Å². The van der Waals surface area contributed by atoms with Crippen LogP contribution in [0, 0.1) is 0 Å². The van der Waals surface area contributed by atoms with Gasteiger partial charge in [-0.3, -0.25) is 0 Å². The number of benzene rings is 1. The normalized spacial score (nSPS) is 21.6. The minimum absolute atomic E-state index is 0.577. The first-order valence-corrected chi connectivity index (χ1v) is 8.50. The van der Waals surface area contributed by atoms with Gasteiger partial charge < -0.3 is 15.0 Å². The van der Waals surface area contributed by atoms with Gasteiger partial charge in [0.1, 0.15) is 0 Å². The SMILES string of the molecule is Clc1cc(CCN2CCNCC2)ccc1C1CCOCC1. The van der Waals surface area contributed by atoms with Crippen molar-refractivity contribution in [3.8, 4) is 0 Å². The highest BCUT2D eigenvalue weighted by Gasteiger charge is 2.18. The van der Waals surface area contributed by atoms with E-state index in [0.29, 0.717) is 5.92 Å². The summed E-state index contributed by atoms with van der Waals surface area (Å²) in [5, 5.41) is 4.34. The van der Waals surface area contributed by atoms with Gasteiger partial charge in [-0.25, -0.2) is 0 Å². The third-order valence-electron chi connectivity index (χ3n) is 4.65. The number of hydrogen-bond donors (Lipinski definition) is 1. The lowest BCUT2D eigenvalue weighted by Crippen LogP contribution is -2.44. The number of nitrogens with zero attached hydrogens (tertiary/aromatic N) is 1. The lowest BCUT2D eigenvalue weighted by Gasteiger charge is -2.27. The summed E-state index contributed by atoms with van der Waals surface area (Å²) in [6.45, 7) is 7.42. The summed E-state index contributed by atoms with van der Waals surface area (Å²) in [5.74, 6) is 0.577. The second-order valence-electron chi connectivity index (χ2n) is 6.08. The Morgan fingerprint density at radius 2 is 1.95 bits per heavy atom. The molecule has 0 amide bonds. The van der Waals surface area contributed by atoms with Crippen LogP contribution in [-0.4, -0.2) is 50.8 Å². The molecule has 0 aliphatic carbocycles. The molecule has 0 unspecified atom stereocenters. The van der Waals surface area contributed by atoms with Crippen molar-refractivity contribution in [1.82, 2.24) is 10.2 Å². The molecule has 2 aliphatic rings. The van der Waals surface area contributed by atoms with Gasteiger partial charge in [0, 0.05) is 51.0 Å². The molecule has 0 radical (unpaired) electrons. The molecule has 116 valence electrons. The van der Waals surface area contributed by atoms with Crippen molar-refractivity contribution in [2.24, 2.45) is 0 Å². The molecule has 2 fully saturated rings. The quantitative estimate of drug-likeness (QED) is 0.925. The highest BCUT2D eigenvalue weighted by Crippen LogP contribution is 2.32. The molecule has 2 saturated heterocycles. The maximum absolute atomic E-state index is 6.52. The van der Waals surface area contributed by atoms with Crippen LogP contribution in [0.5, 0.6) is 0 Å². The number of rotatable bonds is 4. The highest BCUT2D eigenvalue weighted by molar-refractivity contribution is 6.31. The van der Waals surface area contributed by atoms with Crippen molar-refractivity contribution in [3.05, 3.63) is 34.3 Å². The average Bonchev–Trinajstić information content (AvgIpc) is 2.55. The predicted octanol–water partition coefficient (Wildman–Crippen LogP) is 2.68. The molecule has 21 heavy (non-hydrogen) atoms. The molecular weight excluding hydrogens is 284 g/mol. The standard InChI is InChI=1S/C17H25ClN2O/c18-17-13-14(3-8-20-9-6-19-7-10-20)1-2-16(17)15-4-11-21-12-5-15/h1-2,13,15,19H,3-12H2. The molecule has 0 saturated carbocycles. The summed E-state index contributed by atoms with van der Waals surface area (Å²) in [5.41, 5.74) is 2.67. The first-order chi connectivity index (χ1) is 10.3. The van der Waals surface area contributed by atoms with Crippen molar-refractivity contribution in [1.29, 1.82) is 0 Å². The Kier molecular flexibility index (Phi) is 5.53. The fraction of sp³-hybridized carbons (Fsp3) is 0.647. The molecule has 1 N–H and O–H groups in total. The van der Waals surface area contributed by atoms with Gasteiger partial charge in [0.2, 0.25) is 0 Å². The Balaban J connectivity index is 1.58. The minimum atomic E-state index is 0.577. The Morgan fingerprint density at radius 1 is 1.19 bits per heavy atom. The molecule has 3 nitrogen and oxygen atoms in total. The maximum Gasteiger partial charge on any atom is 0.0471 e. The second-order valence-corrected chi connectivity index (χ2v) is 6.49. The molecule has 2 aliphatic heterocycles. The molecule has 2 heterocycles. The lowest BCUT2D eigenvalue weighted by molar-refractivity contribution is 0.0853. The van der Waals surface area contributed by atoms with Crippen molar-refractivity contribution >= 4 is 11.6 Å². The van der Waals surface area contributed by atoms with Crippen LogP contribution in [0.2, 0.25) is 5.02 Å². The molecule has 0 atom stereocenters. The number of hydrogen-bond acceptors (Lipinski definition) is 3. The van der Waals surface area contributed by atoms with Crippen LogP contribution in [0.1, 0.15) is 29.9 Å². The van der Waals surface area contributed by atoms with E-state index in [0.717, 1.165) is 70.2 Å². The molecule has 0 aromatic heterocycles. The summed E-state index contributed by atoms with van der Waals surface area (Å²) in [4.78, 5) is 2.52. The molecule has 3 rings (SSSR count). The summed E-state index contributed by atoms with van der Waals surface area (Å²) in [6, 6.07) is 6.68. The average molecular weight is 309 g/mol. The van der Waals surface area contributed by atoms with Gasteiger partial charge in [-0.1, -0.05) is 23.7 Å². The van der Waals surface area contributed by atoms with Crippen LogP contribution >= 0.6 is 11.6 Å². The number of nitrogens with one attached hydrogen (secondary N) is 1. The summed E-state index contributed by atoms with van der Waals surface area (Å²) in [6.07, 6.45) is 3.29. The fourth-order valence-corrected chi connectivity index (χ4v) is 3.65. The van der Waals surface area contributed by atoms with E-state index in [-0.39, 0.29) is 0 Å². The van der Waals surface area contributed by atoms with E-state index >= 15 is 0 Å². The van der Waals surface area contributed by atoms with E-state index in [1.54, 1.807) is 0 Å². The second kappa shape index (κ2) is 7.59. The van der Waals surface area contributed by atoms with Crippen molar-refractivity contribution in [2.45, 2.75) is 25.2 Å². The molecule has 0 spiro atoms.